The van der Waals surface area contributed by atoms with E-state index in [9.17, 15) is 4.39 Å². The van der Waals surface area contributed by atoms with Crippen molar-refractivity contribution in [3.8, 4) is 5.75 Å². The van der Waals surface area contributed by atoms with Crippen molar-refractivity contribution in [1.29, 1.82) is 0 Å². The minimum Gasteiger partial charge on any atom is -0.488 e. The first-order chi connectivity index (χ1) is 9.70. The lowest BCUT2D eigenvalue weighted by Crippen LogP contribution is -2.14. The summed E-state index contributed by atoms with van der Waals surface area (Å²) < 4.78 is 18.9. The standard InChI is InChI=1S/C16H18FNOS/c1-11-2-3-12(17)8-16(11)19-10-15-7-6-14(20-15)9-18-13-4-5-13/h2-3,6-8,13,18H,4-5,9-10H2,1H3. The molecule has 0 bridgehead atoms. The van der Waals surface area contributed by atoms with Crippen LogP contribution in [0, 0.1) is 12.7 Å². The largest absolute Gasteiger partial charge is 0.488 e. The lowest BCUT2D eigenvalue weighted by atomic mass is 10.2. The summed E-state index contributed by atoms with van der Waals surface area (Å²) in [7, 11) is 0. The van der Waals surface area contributed by atoms with Gasteiger partial charge in [-0.3, -0.25) is 0 Å². The van der Waals surface area contributed by atoms with Gasteiger partial charge < -0.3 is 10.1 Å². The Balaban J connectivity index is 1.55. The molecule has 106 valence electrons. The third-order valence-corrected chi connectivity index (χ3v) is 4.44. The zero-order chi connectivity index (χ0) is 13.9. The molecule has 0 amide bonds. The second-order valence-electron chi connectivity index (χ2n) is 5.22. The molecule has 1 aliphatic rings. The van der Waals surface area contributed by atoms with E-state index in [2.05, 4.69) is 17.4 Å². The summed E-state index contributed by atoms with van der Waals surface area (Å²) in [5, 5.41) is 3.50. The molecule has 0 atom stereocenters. The van der Waals surface area contributed by atoms with E-state index < -0.39 is 0 Å². The summed E-state index contributed by atoms with van der Waals surface area (Å²) >= 11 is 1.75. The second kappa shape index (κ2) is 5.94. The van der Waals surface area contributed by atoms with Crippen molar-refractivity contribution in [1.82, 2.24) is 5.32 Å². The van der Waals surface area contributed by atoms with E-state index in [4.69, 9.17) is 4.74 Å². The van der Waals surface area contributed by atoms with Gasteiger partial charge in [-0.05, 0) is 43.5 Å². The van der Waals surface area contributed by atoms with Crippen LogP contribution in [0.3, 0.4) is 0 Å². The first-order valence-electron chi connectivity index (χ1n) is 6.90. The van der Waals surface area contributed by atoms with Crippen LogP contribution in [0.5, 0.6) is 5.75 Å². The molecule has 1 N–H and O–H groups in total. The fourth-order valence-electron chi connectivity index (χ4n) is 2.01. The summed E-state index contributed by atoms with van der Waals surface area (Å²) in [6, 6.07) is 9.59. The van der Waals surface area contributed by atoms with Gasteiger partial charge in [-0.15, -0.1) is 11.3 Å². The quantitative estimate of drug-likeness (QED) is 0.867. The van der Waals surface area contributed by atoms with Crippen molar-refractivity contribution in [2.45, 2.75) is 39.0 Å². The van der Waals surface area contributed by atoms with E-state index in [1.165, 1.54) is 34.7 Å². The van der Waals surface area contributed by atoms with Crippen LogP contribution in [-0.4, -0.2) is 6.04 Å². The molecule has 1 fully saturated rings. The van der Waals surface area contributed by atoms with Gasteiger partial charge in [-0.2, -0.15) is 0 Å². The Morgan fingerprint density at radius 3 is 2.85 bits per heavy atom. The fourth-order valence-corrected chi connectivity index (χ4v) is 2.89. The SMILES string of the molecule is Cc1ccc(F)cc1OCc1ccc(CNC2CC2)s1. The minimum atomic E-state index is -0.258. The molecule has 1 heterocycles. The molecule has 1 aromatic carbocycles. The van der Waals surface area contributed by atoms with Crippen LogP contribution in [0.4, 0.5) is 4.39 Å². The number of hydrogen-bond acceptors (Lipinski definition) is 3. The Morgan fingerprint density at radius 1 is 1.25 bits per heavy atom. The first kappa shape index (κ1) is 13.6. The Hall–Kier alpha value is -1.39. The molecule has 0 spiro atoms. The lowest BCUT2D eigenvalue weighted by Gasteiger charge is -2.07. The molecule has 0 saturated heterocycles. The van der Waals surface area contributed by atoms with Crippen LogP contribution in [0.2, 0.25) is 0 Å². The first-order valence-corrected chi connectivity index (χ1v) is 7.72. The van der Waals surface area contributed by atoms with Crippen LogP contribution < -0.4 is 10.1 Å². The van der Waals surface area contributed by atoms with Gasteiger partial charge in [0.1, 0.15) is 18.2 Å². The van der Waals surface area contributed by atoms with E-state index in [0.29, 0.717) is 12.4 Å². The molecule has 20 heavy (non-hydrogen) atoms. The zero-order valence-corrected chi connectivity index (χ0v) is 12.3. The van der Waals surface area contributed by atoms with Crippen LogP contribution >= 0.6 is 11.3 Å². The molecule has 1 aromatic heterocycles. The number of aryl methyl sites for hydroxylation is 1. The maximum atomic E-state index is 13.2. The van der Waals surface area contributed by atoms with Crippen molar-refractivity contribution >= 4 is 11.3 Å². The highest BCUT2D eigenvalue weighted by Crippen LogP contribution is 2.24. The highest BCUT2D eigenvalue weighted by molar-refractivity contribution is 7.11. The van der Waals surface area contributed by atoms with Crippen molar-refractivity contribution < 1.29 is 9.13 Å². The summed E-state index contributed by atoms with van der Waals surface area (Å²) in [5.41, 5.74) is 0.957. The second-order valence-corrected chi connectivity index (χ2v) is 6.47. The van der Waals surface area contributed by atoms with Crippen LogP contribution in [0.25, 0.3) is 0 Å². The van der Waals surface area contributed by atoms with Gasteiger partial charge in [-0.1, -0.05) is 6.07 Å². The average molecular weight is 291 g/mol. The highest BCUT2D eigenvalue weighted by atomic mass is 32.1. The maximum absolute atomic E-state index is 13.2. The molecule has 4 heteroatoms. The molecule has 0 unspecified atom stereocenters. The van der Waals surface area contributed by atoms with Crippen molar-refractivity contribution in [2.75, 3.05) is 0 Å². The smallest absolute Gasteiger partial charge is 0.126 e. The normalized spacial score (nSPS) is 14.5. The van der Waals surface area contributed by atoms with Gasteiger partial charge in [-0.25, -0.2) is 4.39 Å². The fraction of sp³-hybridized carbons (Fsp3) is 0.375. The van der Waals surface area contributed by atoms with Crippen molar-refractivity contribution in [3.05, 3.63) is 51.5 Å². The van der Waals surface area contributed by atoms with Gasteiger partial charge in [0.25, 0.3) is 0 Å². The minimum absolute atomic E-state index is 0.258. The molecule has 1 aliphatic carbocycles. The van der Waals surface area contributed by atoms with Gasteiger partial charge in [0, 0.05) is 28.4 Å². The average Bonchev–Trinajstić information content (AvgIpc) is 3.16. The third-order valence-electron chi connectivity index (χ3n) is 3.38. The van der Waals surface area contributed by atoms with E-state index in [-0.39, 0.29) is 5.82 Å². The van der Waals surface area contributed by atoms with E-state index >= 15 is 0 Å². The molecule has 2 aromatic rings. The molecule has 0 radical (unpaired) electrons. The monoisotopic (exact) mass is 291 g/mol. The van der Waals surface area contributed by atoms with Crippen LogP contribution in [0.15, 0.2) is 30.3 Å². The third kappa shape index (κ3) is 3.58. The number of benzene rings is 1. The van der Waals surface area contributed by atoms with Gasteiger partial charge >= 0.3 is 0 Å². The summed E-state index contributed by atoms with van der Waals surface area (Å²) in [6.07, 6.45) is 2.61. The van der Waals surface area contributed by atoms with Crippen molar-refractivity contribution in [2.24, 2.45) is 0 Å². The number of rotatable bonds is 6. The van der Waals surface area contributed by atoms with E-state index in [0.717, 1.165) is 18.2 Å². The van der Waals surface area contributed by atoms with Gasteiger partial charge in [0.15, 0.2) is 0 Å². The van der Waals surface area contributed by atoms with Crippen LogP contribution in [0.1, 0.15) is 28.2 Å². The zero-order valence-electron chi connectivity index (χ0n) is 11.5. The summed E-state index contributed by atoms with van der Waals surface area (Å²) in [5.74, 6) is 0.363. The Labute approximate surface area is 122 Å². The molecular weight excluding hydrogens is 273 g/mol. The Bertz CT molecular complexity index is 592. The number of hydrogen-bond donors (Lipinski definition) is 1. The molecule has 3 rings (SSSR count). The lowest BCUT2D eigenvalue weighted by molar-refractivity contribution is 0.306. The van der Waals surface area contributed by atoms with Gasteiger partial charge in [0.05, 0.1) is 0 Å². The highest BCUT2D eigenvalue weighted by Gasteiger charge is 2.20. The number of ether oxygens (including phenoxy) is 1. The van der Waals surface area contributed by atoms with Crippen molar-refractivity contribution in [3.63, 3.8) is 0 Å². The maximum Gasteiger partial charge on any atom is 0.126 e. The van der Waals surface area contributed by atoms with Gasteiger partial charge in [0.2, 0.25) is 0 Å². The number of thiophene rings is 1. The Morgan fingerprint density at radius 2 is 2.05 bits per heavy atom. The molecule has 0 aliphatic heterocycles. The molecular formula is C16H18FNOS. The Kier molecular flexibility index (Phi) is 4.03. The van der Waals surface area contributed by atoms with E-state index in [1.54, 1.807) is 17.4 Å². The topological polar surface area (TPSA) is 21.3 Å². The molecule has 2 nitrogen and oxygen atoms in total. The summed E-state index contributed by atoms with van der Waals surface area (Å²) in [6.45, 7) is 3.36. The number of halogens is 1. The number of nitrogens with one attached hydrogen (secondary N) is 1. The molecule has 1 saturated carbocycles. The predicted octanol–water partition coefficient (Wildman–Crippen LogP) is 4.03. The predicted molar refractivity (Wildman–Crippen MR) is 79.6 cm³/mol. The van der Waals surface area contributed by atoms with E-state index in [1.807, 2.05) is 6.92 Å². The van der Waals surface area contributed by atoms with Crippen LogP contribution in [-0.2, 0) is 13.2 Å². The summed E-state index contributed by atoms with van der Waals surface area (Å²) in [4.78, 5) is 2.49.